The van der Waals surface area contributed by atoms with Gasteiger partial charge in [-0.05, 0) is 38.0 Å². The molecular formula is C12H20NO3P. The predicted octanol–water partition coefficient (Wildman–Crippen LogP) is 3.34. The van der Waals surface area contributed by atoms with E-state index in [4.69, 9.17) is 14.8 Å². The maximum Gasteiger partial charge on any atom is 0.335 e. The van der Waals surface area contributed by atoms with Gasteiger partial charge in [0.2, 0.25) is 0 Å². The first-order chi connectivity index (χ1) is 8.02. The summed E-state index contributed by atoms with van der Waals surface area (Å²) in [6.45, 7) is 6.26. The van der Waals surface area contributed by atoms with Gasteiger partial charge in [0.15, 0.2) is 0 Å². The maximum absolute atomic E-state index is 12.4. The molecule has 1 aromatic carbocycles. The number of nitrogen functional groups attached to an aromatic ring is 1. The van der Waals surface area contributed by atoms with E-state index in [2.05, 4.69) is 0 Å². The molecule has 0 radical (unpaired) electrons. The number of hydrogen-bond acceptors (Lipinski definition) is 4. The first-order valence-corrected chi connectivity index (χ1v) is 7.47. The van der Waals surface area contributed by atoms with E-state index in [1.165, 1.54) is 0 Å². The van der Waals surface area contributed by atoms with E-state index < -0.39 is 7.60 Å². The van der Waals surface area contributed by atoms with Crippen LogP contribution in [0.25, 0.3) is 0 Å². The van der Waals surface area contributed by atoms with Crippen molar-refractivity contribution in [2.45, 2.75) is 26.9 Å². The van der Waals surface area contributed by atoms with Gasteiger partial charge < -0.3 is 14.8 Å². The van der Waals surface area contributed by atoms with E-state index in [1.54, 1.807) is 13.8 Å². The van der Waals surface area contributed by atoms with Crippen molar-refractivity contribution in [3.63, 3.8) is 0 Å². The minimum absolute atomic E-state index is 0.269. The molecule has 0 aliphatic heterocycles. The Kier molecular flexibility index (Phi) is 5.19. The van der Waals surface area contributed by atoms with Gasteiger partial charge in [-0.2, -0.15) is 0 Å². The number of nitrogens with two attached hydrogens (primary N) is 1. The Morgan fingerprint density at radius 2 is 1.82 bits per heavy atom. The van der Waals surface area contributed by atoms with Gasteiger partial charge in [-0.25, -0.2) is 0 Å². The largest absolute Gasteiger partial charge is 0.399 e. The highest BCUT2D eigenvalue weighted by molar-refractivity contribution is 7.53. The Bertz CT molecular complexity index is 410. The van der Waals surface area contributed by atoms with Crippen molar-refractivity contribution in [3.05, 3.63) is 29.3 Å². The summed E-state index contributed by atoms with van der Waals surface area (Å²) in [5.74, 6) is 0. The predicted molar refractivity (Wildman–Crippen MR) is 70.2 cm³/mol. The zero-order chi connectivity index (χ0) is 12.9. The molecule has 0 aliphatic rings. The molecule has 1 rings (SSSR count). The second kappa shape index (κ2) is 6.20. The molecule has 0 aliphatic carbocycles. The smallest absolute Gasteiger partial charge is 0.335 e. The molecule has 4 nitrogen and oxygen atoms in total. The molecule has 0 saturated carbocycles. The van der Waals surface area contributed by atoms with Crippen LogP contribution in [0.2, 0.25) is 0 Å². The van der Waals surface area contributed by atoms with Crippen molar-refractivity contribution < 1.29 is 13.6 Å². The monoisotopic (exact) mass is 257 g/mol. The van der Waals surface area contributed by atoms with Crippen LogP contribution in [0.15, 0.2) is 18.2 Å². The lowest BCUT2D eigenvalue weighted by Gasteiger charge is -2.18. The van der Waals surface area contributed by atoms with Crippen LogP contribution >= 0.6 is 7.60 Å². The van der Waals surface area contributed by atoms with E-state index >= 15 is 0 Å². The lowest BCUT2D eigenvalue weighted by molar-refractivity contribution is 0.219. The first-order valence-electron chi connectivity index (χ1n) is 5.74. The third-order valence-corrected chi connectivity index (χ3v) is 4.53. The molecule has 96 valence electrons. The summed E-state index contributed by atoms with van der Waals surface area (Å²) in [5, 5.41) is 0. The molecule has 1 aromatic rings. The topological polar surface area (TPSA) is 61.5 Å². The quantitative estimate of drug-likeness (QED) is 0.627. The Balaban J connectivity index is 2.93. The SMILES string of the molecule is CCOP(=O)(Cc1cccc(N)c1C)OCC. The van der Waals surface area contributed by atoms with Crippen molar-refractivity contribution in [2.24, 2.45) is 0 Å². The Labute approximate surface area is 103 Å². The lowest BCUT2D eigenvalue weighted by Crippen LogP contribution is -2.01. The molecule has 0 atom stereocenters. The van der Waals surface area contributed by atoms with Crippen LogP contribution < -0.4 is 5.73 Å². The summed E-state index contributed by atoms with van der Waals surface area (Å²) in [6.07, 6.45) is 0.269. The number of hydrogen-bond donors (Lipinski definition) is 1. The molecule has 0 heterocycles. The summed E-state index contributed by atoms with van der Waals surface area (Å²) in [5.41, 5.74) is 8.36. The Morgan fingerprint density at radius 3 is 2.35 bits per heavy atom. The van der Waals surface area contributed by atoms with Crippen LogP contribution in [0.4, 0.5) is 5.69 Å². The van der Waals surface area contributed by atoms with Gasteiger partial charge >= 0.3 is 7.60 Å². The van der Waals surface area contributed by atoms with Gasteiger partial charge in [0.1, 0.15) is 0 Å². The zero-order valence-corrected chi connectivity index (χ0v) is 11.5. The fourth-order valence-electron chi connectivity index (χ4n) is 1.61. The fraction of sp³-hybridized carbons (Fsp3) is 0.500. The highest BCUT2D eigenvalue weighted by Gasteiger charge is 2.25. The van der Waals surface area contributed by atoms with Crippen molar-refractivity contribution in [1.82, 2.24) is 0 Å². The van der Waals surface area contributed by atoms with Gasteiger partial charge in [-0.3, -0.25) is 4.57 Å². The minimum Gasteiger partial charge on any atom is -0.399 e. The molecule has 5 heteroatoms. The highest BCUT2D eigenvalue weighted by atomic mass is 31.2. The van der Waals surface area contributed by atoms with Gasteiger partial charge in [0.25, 0.3) is 0 Å². The normalized spacial score (nSPS) is 11.7. The lowest BCUT2D eigenvalue weighted by atomic mass is 10.1. The molecule has 0 aromatic heterocycles. The molecule has 0 fully saturated rings. The van der Waals surface area contributed by atoms with E-state index in [-0.39, 0.29) is 6.16 Å². The molecule has 17 heavy (non-hydrogen) atoms. The van der Waals surface area contributed by atoms with Crippen molar-refractivity contribution >= 4 is 13.3 Å². The molecule has 0 saturated heterocycles. The first kappa shape index (κ1) is 14.2. The summed E-state index contributed by atoms with van der Waals surface area (Å²) in [7, 11) is -3.04. The van der Waals surface area contributed by atoms with Gasteiger partial charge in [0, 0.05) is 5.69 Å². The molecule has 2 N–H and O–H groups in total. The molecule has 0 amide bonds. The van der Waals surface area contributed by atoms with Crippen molar-refractivity contribution in [3.8, 4) is 0 Å². The van der Waals surface area contributed by atoms with Crippen LogP contribution in [-0.2, 0) is 19.8 Å². The highest BCUT2D eigenvalue weighted by Crippen LogP contribution is 2.51. The van der Waals surface area contributed by atoms with Crippen molar-refractivity contribution in [2.75, 3.05) is 18.9 Å². The molecule has 0 bridgehead atoms. The van der Waals surface area contributed by atoms with E-state index in [1.807, 2.05) is 25.1 Å². The maximum atomic E-state index is 12.4. The average Bonchev–Trinajstić information content (AvgIpc) is 2.25. The van der Waals surface area contributed by atoms with E-state index in [0.29, 0.717) is 18.9 Å². The molecule has 0 spiro atoms. The number of rotatable bonds is 6. The summed E-state index contributed by atoms with van der Waals surface area (Å²) in [4.78, 5) is 0. The third-order valence-electron chi connectivity index (χ3n) is 2.50. The van der Waals surface area contributed by atoms with Crippen LogP contribution in [-0.4, -0.2) is 13.2 Å². The third kappa shape index (κ3) is 3.84. The summed E-state index contributed by atoms with van der Waals surface area (Å²) in [6, 6.07) is 5.57. The standard InChI is InChI=1S/C12H20NO3P/c1-4-15-17(14,16-5-2)9-11-7-6-8-12(13)10(11)3/h6-8H,4-5,9,13H2,1-3H3. The van der Waals surface area contributed by atoms with Crippen LogP contribution in [0.5, 0.6) is 0 Å². The van der Waals surface area contributed by atoms with Crippen LogP contribution in [0.3, 0.4) is 0 Å². The van der Waals surface area contributed by atoms with Crippen LogP contribution in [0, 0.1) is 6.92 Å². The second-order valence-electron chi connectivity index (χ2n) is 3.74. The van der Waals surface area contributed by atoms with Gasteiger partial charge in [0.05, 0.1) is 19.4 Å². The van der Waals surface area contributed by atoms with Gasteiger partial charge in [-0.15, -0.1) is 0 Å². The van der Waals surface area contributed by atoms with Crippen LogP contribution in [0.1, 0.15) is 25.0 Å². The molecule has 0 unspecified atom stereocenters. The Morgan fingerprint density at radius 1 is 1.24 bits per heavy atom. The number of anilines is 1. The van der Waals surface area contributed by atoms with Gasteiger partial charge in [-0.1, -0.05) is 12.1 Å². The van der Waals surface area contributed by atoms with E-state index in [0.717, 1.165) is 11.1 Å². The zero-order valence-electron chi connectivity index (χ0n) is 10.6. The minimum atomic E-state index is -3.04. The molecular weight excluding hydrogens is 237 g/mol. The summed E-state index contributed by atoms with van der Waals surface area (Å²) < 4.78 is 22.9. The fourth-order valence-corrected chi connectivity index (χ4v) is 3.41. The van der Waals surface area contributed by atoms with Crippen molar-refractivity contribution in [1.29, 1.82) is 0 Å². The Hall–Kier alpha value is -0.830. The van der Waals surface area contributed by atoms with E-state index in [9.17, 15) is 4.57 Å². The summed E-state index contributed by atoms with van der Waals surface area (Å²) >= 11 is 0. The average molecular weight is 257 g/mol. The second-order valence-corrected chi connectivity index (χ2v) is 5.79. The number of benzene rings is 1.